The van der Waals surface area contributed by atoms with Crippen LogP contribution in [0.25, 0.3) is 0 Å². The van der Waals surface area contributed by atoms with Gasteiger partial charge in [0.1, 0.15) is 11.5 Å². The van der Waals surface area contributed by atoms with Gasteiger partial charge in [-0.2, -0.15) is 0 Å². The fraction of sp³-hybridized carbons (Fsp3) is 0.618. The monoisotopic (exact) mass is 588 g/mol. The first-order valence-corrected chi connectivity index (χ1v) is 15.9. The molecular formula is C34H57ClN4O2. The Balaban J connectivity index is 0.000000571. The summed E-state index contributed by atoms with van der Waals surface area (Å²) in [7, 11) is 0. The number of allylic oxidation sites excluding steroid dienone is 1. The van der Waals surface area contributed by atoms with Crippen LogP contribution in [0.3, 0.4) is 0 Å². The predicted molar refractivity (Wildman–Crippen MR) is 176 cm³/mol. The minimum absolute atomic E-state index is 0.0169. The number of rotatable bonds is 12. The SMILES string of the molecule is C/C=C/CN(CCC)CCCC(C)CC.CC(=O)c1cnc2n1CCN(C=O)C2.CCC.CCc1ccccc1Cl. The van der Waals surface area contributed by atoms with Crippen molar-refractivity contribution in [3.8, 4) is 0 Å². The third-order valence-electron chi connectivity index (χ3n) is 6.75. The van der Waals surface area contributed by atoms with Gasteiger partial charge in [-0.1, -0.05) is 96.3 Å². The molecular weight excluding hydrogens is 532 g/mol. The minimum Gasteiger partial charge on any atom is -0.336 e. The molecule has 0 fully saturated rings. The van der Waals surface area contributed by atoms with Crippen LogP contribution in [-0.4, -0.2) is 57.7 Å². The molecule has 0 radical (unpaired) electrons. The van der Waals surface area contributed by atoms with E-state index < -0.39 is 0 Å². The Labute approximate surface area is 256 Å². The molecule has 0 saturated heterocycles. The normalized spacial score (nSPS) is 12.8. The summed E-state index contributed by atoms with van der Waals surface area (Å²) in [6.45, 7) is 22.3. The highest BCUT2D eigenvalue weighted by atomic mass is 35.5. The Hall–Kier alpha value is -2.44. The van der Waals surface area contributed by atoms with E-state index >= 15 is 0 Å². The summed E-state index contributed by atoms with van der Waals surface area (Å²) in [4.78, 5) is 30.0. The number of benzene rings is 1. The quantitative estimate of drug-likeness (QED) is 0.142. The van der Waals surface area contributed by atoms with Crippen LogP contribution >= 0.6 is 11.6 Å². The van der Waals surface area contributed by atoms with Gasteiger partial charge in [0.05, 0.1) is 12.7 Å². The smallest absolute Gasteiger partial charge is 0.210 e. The van der Waals surface area contributed by atoms with Gasteiger partial charge in [0, 0.05) is 31.6 Å². The summed E-state index contributed by atoms with van der Waals surface area (Å²) >= 11 is 5.82. The van der Waals surface area contributed by atoms with Gasteiger partial charge in [0.15, 0.2) is 5.78 Å². The van der Waals surface area contributed by atoms with Crippen LogP contribution in [0, 0.1) is 5.92 Å². The molecule has 1 amide bonds. The van der Waals surface area contributed by atoms with Crippen molar-refractivity contribution in [1.29, 1.82) is 0 Å². The van der Waals surface area contributed by atoms with Crippen molar-refractivity contribution in [3.63, 3.8) is 0 Å². The molecule has 0 aliphatic carbocycles. The van der Waals surface area contributed by atoms with Crippen LogP contribution in [0.2, 0.25) is 5.02 Å². The van der Waals surface area contributed by atoms with Gasteiger partial charge in [0.25, 0.3) is 0 Å². The number of carbonyl (C=O) groups excluding carboxylic acids is 2. The summed E-state index contributed by atoms with van der Waals surface area (Å²) in [6.07, 6.45) is 14.4. The first-order valence-electron chi connectivity index (χ1n) is 15.5. The third-order valence-corrected chi connectivity index (χ3v) is 7.12. The van der Waals surface area contributed by atoms with Crippen molar-refractivity contribution < 1.29 is 9.59 Å². The standard InChI is InChI=1S/C14H29N.C9H11N3O2.C8H9Cl.C3H8/c1-5-8-12-15(11-6-2)13-9-10-14(4)7-3;1-7(14)8-4-10-9-5-11(6-13)2-3-12(8)9;1-2-7-5-3-4-6-8(7)9;1-3-2/h5,8,14H,6-7,9-13H2,1-4H3;4,6H,2-3,5H2,1H3;3-6H,2H2,1H3;3H2,1-2H3/b8-5+;;;. The number of Topliss-reactive ketones (excluding diaryl/α,β-unsaturated/α-hetero) is 1. The van der Waals surface area contributed by atoms with Crippen molar-refractivity contribution in [2.24, 2.45) is 5.92 Å². The first kappa shape index (κ1) is 38.6. The number of halogens is 1. The van der Waals surface area contributed by atoms with Crippen LogP contribution in [-0.2, 0) is 24.3 Å². The summed E-state index contributed by atoms with van der Waals surface area (Å²) in [5.74, 6) is 1.70. The summed E-state index contributed by atoms with van der Waals surface area (Å²) in [6, 6.07) is 7.91. The molecule has 1 aromatic heterocycles. The first-order chi connectivity index (χ1) is 19.7. The second-order valence-corrected chi connectivity index (χ2v) is 10.9. The van der Waals surface area contributed by atoms with Crippen molar-refractivity contribution >= 4 is 23.8 Å². The average molecular weight is 589 g/mol. The van der Waals surface area contributed by atoms with Gasteiger partial charge in [-0.3, -0.25) is 14.5 Å². The van der Waals surface area contributed by atoms with Crippen molar-refractivity contribution in [2.75, 3.05) is 26.2 Å². The van der Waals surface area contributed by atoms with Crippen LogP contribution < -0.4 is 0 Å². The molecule has 1 aromatic carbocycles. The molecule has 1 unspecified atom stereocenters. The number of hydrogen-bond acceptors (Lipinski definition) is 4. The average Bonchev–Trinajstić information content (AvgIpc) is 3.41. The highest BCUT2D eigenvalue weighted by Crippen LogP contribution is 2.15. The molecule has 1 aliphatic rings. The number of hydrogen-bond donors (Lipinski definition) is 0. The number of fused-ring (bicyclic) bond motifs is 1. The number of aryl methyl sites for hydroxylation is 1. The Morgan fingerprint density at radius 2 is 1.80 bits per heavy atom. The molecule has 3 rings (SSSR count). The second-order valence-electron chi connectivity index (χ2n) is 10.5. The van der Waals surface area contributed by atoms with Crippen LogP contribution in [0.15, 0.2) is 42.6 Å². The number of carbonyl (C=O) groups is 2. The highest BCUT2D eigenvalue weighted by molar-refractivity contribution is 6.31. The predicted octanol–water partition coefficient (Wildman–Crippen LogP) is 8.48. The number of aromatic nitrogens is 2. The van der Waals surface area contributed by atoms with Gasteiger partial charge >= 0.3 is 0 Å². The molecule has 1 aliphatic heterocycles. The lowest BCUT2D eigenvalue weighted by molar-refractivity contribution is -0.119. The van der Waals surface area contributed by atoms with E-state index in [4.69, 9.17) is 11.6 Å². The van der Waals surface area contributed by atoms with E-state index in [0.29, 0.717) is 25.3 Å². The zero-order valence-electron chi connectivity index (χ0n) is 27.2. The second kappa shape index (κ2) is 24.2. The lowest BCUT2D eigenvalue weighted by Gasteiger charge is -2.24. The zero-order valence-corrected chi connectivity index (χ0v) is 27.9. The van der Waals surface area contributed by atoms with Crippen molar-refractivity contribution in [1.82, 2.24) is 19.4 Å². The highest BCUT2D eigenvalue weighted by Gasteiger charge is 2.19. The maximum atomic E-state index is 11.2. The molecule has 7 heteroatoms. The van der Waals surface area contributed by atoms with E-state index in [-0.39, 0.29) is 5.78 Å². The number of ketones is 1. The lowest BCUT2D eigenvalue weighted by Crippen LogP contribution is -2.33. The Morgan fingerprint density at radius 1 is 1.12 bits per heavy atom. The third kappa shape index (κ3) is 16.6. The molecule has 6 nitrogen and oxygen atoms in total. The Bertz CT molecular complexity index is 989. The van der Waals surface area contributed by atoms with E-state index in [9.17, 15) is 9.59 Å². The van der Waals surface area contributed by atoms with E-state index in [1.807, 2.05) is 28.8 Å². The van der Waals surface area contributed by atoms with Crippen molar-refractivity contribution in [2.45, 2.75) is 107 Å². The summed E-state index contributed by atoms with van der Waals surface area (Å²) < 4.78 is 1.88. The van der Waals surface area contributed by atoms with Gasteiger partial charge < -0.3 is 9.47 Å². The van der Waals surface area contributed by atoms with Gasteiger partial charge in [-0.05, 0) is 63.2 Å². The molecule has 0 bridgehead atoms. The molecule has 1 atom stereocenters. The van der Waals surface area contributed by atoms with E-state index in [1.165, 1.54) is 57.7 Å². The molecule has 0 saturated carbocycles. The summed E-state index contributed by atoms with van der Waals surface area (Å²) in [5, 5.41) is 0.875. The zero-order chi connectivity index (χ0) is 31.0. The maximum Gasteiger partial charge on any atom is 0.210 e. The van der Waals surface area contributed by atoms with Gasteiger partial charge in [-0.15, -0.1) is 0 Å². The van der Waals surface area contributed by atoms with E-state index in [1.54, 1.807) is 11.1 Å². The van der Waals surface area contributed by atoms with Crippen LogP contribution in [0.5, 0.6) is 0 Å². The number of imidazole rings is 1. The molecule has 2 aromatic rings. The van der Waals surface area contributed by atoms with Gasteiger partial charge in [0.2, 0.25) is 6.41 Å². The lowest BCUT2D eigenvalue weighted by atomic mass is 10.0. The Kier molecular flexibility index (Phi) is 22.7. The molecule has 0 N–H and O–H groups in total. The van der Waals surface area contributed by atoms with Crippen molar-refractivity contribution in [3.05, 3.63) is 64.7 Å². The van der Waals surface area contributed by atoms with Gasteiger partial charge in [-0.25, -0.2) is 4.98 Å². The van der Waals surface area contributed by atoms with E-state index in [0.717, 1.165) is 36.1 Å². The number of amides is 1. The van der Waals surface area contributed by atoms with Crippen LogP contribution in [0.1, 0.15) is 109 Å². The fourth-order valence-corrected chi connectivity index (χ4v) is 4.44. The summed E-state index contributed by atoms with van der Waals surface area (Å²) in [5.41, 5.74) is 1.85. The number of nitrogens with zero attached hydrogens (tertiary/aromatic N) is 4. The maximum absolute atomic E-state index is 11.2. The molecule has 0 spiro atoms. The largest absolute Gasteiger partial charge is 0.336 e. The fourth-order valence-electron chi connectivity index (χ4n) is 4.17. The van der Waals surface area contributed by atoms with Crippen LogP contribution in [0.4, 0.5) is 0 Å². The molecule has 41 heavy (non-hydrogen) atoms. The topological polar surface area (TPSA) is 58.4 Å². The molecule has 232 valence electrons. The molecule has 2 heterocycles. The van der Waals surface area contributed by atoms with E-state index in [2.05, 4.69) is 70.5 Å². The Morgan fingerprint density at radius 3 is 2.32 bits per heavy atom. The minimum atomic E-state index is 0.0169.